The lowest BCUT2D eigenvalue weighted by Crippen LogP contribution is -2.39. The molecule has 0 bridgehead atoms. The third-order valence-corrected chi connectivity index (χ3v) is 7.85. The van der Waals surface area contributed by atoms with E-state index in [1.807, 2.05) is 32.1 Å². The second kappa shape index (κ2) is 22.0. The number of aliphatic carboxylic acids is 1. The van der Waals surface area contributed by atoms with Crippen molar-refractivity contribution in [3.8, 4) is 0 Å². The molecule has 0 fully saturated rings. The number of cyclic esters (lactones) is 1. The van der Waals surface area contributed by atoms with Crippen molar-refractivity contribution in [2.24, 2.45) is 17.8 Å². The van der Waals surface area contributed by atoms with Gasteiger partial charge in [0.1, 0.15) is 12.0 Å². The summed E-state index contributed by atoms with van der Waals surface area (Å²) in [6, 6.07) is 0. The van der Waals surface area contributed by atoms with E-state index in [9.17, 15) is 45.3 Å². The van der Waals surface area contributed by atoms with Crippen LogP contribution >= 0.6 is 0 Å². The fraction of sp³-hybridized carbons (Fsp3) is 0.647. The summed E-state index contributed by atoms with van der Waals surface area (Å²) in [7, 11) is 0. The van der Waals surface area contributed by atoms with E-state index in [1.54, 1.807) is 37.3 Å². The van der Waals surface area contributed by atoms with Crippen LogP contribution in [0.2, 0.25) is 0 Å². The number of hydrogen-bond donors (Lipinski definition) is 7. The Bertz CT molecular complexity index is 971. The van der Waals surface area contributed by atoms with E-state index in [-0.39, 0.29) is 44.1 Å². The number of esters is 1. The van der Waals surface area contributed by atoms with Gasteiger partial charge in [0.25, 0.3) is 0 Å². The first kappa shape index (κ1) is 39.4. The molecule has 10 heteroatoms. The van der Waals surface area contributed by atoms with Crippen LogP contribution in [0.15, 0.2) is 60.8 Å². The molecule has 10 nitrogen and oxygen atoms in total. The second-order valence-corrected chi connectivity index (χ2v) is 11.7. The summed E-state index contributed by atoms with van der Waals surface area (Å²) in [6.07, 6.45) is 11.4. The van der Waals surface area contributed by atoms with E-state index in [0.29, 0.717) is 19.3 Å². The number of carbonyl (C=O) groups excluding carboxylic acids is 1. The first-order valence-corrected chi connectivity index (χ1v) is 15.8. The zero-order valence-corrected chi connectivity index (χ0v) is 26.3. The Morgan fingerprint density at radius 2 is 1.30 bits per heavy atom. The van der Waals surface area contributed by atoms with Crippen molar-refractivity contribution in [1.29, 1.82) is 0 Å². The minimum Gasteiger partial charge on any atom is -0.481 e. The van der Waals surface area contributed by atoms with Gasteiger partial charge in [-0.05, 0) is 38.5 Å². The van der Waals surface area contributed by atoms with Crippen molar-refractivity contribution in [2.45, 2.75) is 121 Å². The van der Waals surface area contributed by atoms with E-state index >= 15 is 0 Å². The Morgan fingerprint density at radius 3 is 1.84 bits per heavy atom. The molecule has 0 saturated heterocycles. The van der Waals surface area contributed by atoms with Crippen LogP contribution in [-0.2, 0) is 14.3 Å². The van der Waals surface area contributed by atoms with Gasteiger partial charge in [0.15, 0.2) is 0 Å². The monoisotopic (exact) mass is 622 g/mol. The molecule has 1 rings (SSSR count). The standard InChI is InChI=1S/C34H54O10/c1-4-15-31-23(3)16-12-10-8-6-7-9-11-13-19-28(38)32(33(41)42)30(40)21-25(36)18-14-17-24(35)20-26(37)22-29(39)27(5-2)34(43)44-31/h6-13,16,19,23-32,35-40H,4-5,14-15,17-18,20-22H2,1-3H3,(H,41,42)/b7-6+,10-8+,11-9+,16-12+,19-13+/t23-,24-,25+,26-,27+,28+,29-,30+,31+,32-/m0/s1. The van der Waals surface area contributed by atoms with Crippen molar-refractivity contribution in [2.75, 3.05) is 0 Å². The van der Waals surface area contributed by atoms with Gasteiger partial charge in [-0.1, -0.05) is 88.0 Å². The highest BCUT2D eigenvalue weighted by Gasteiger charge is 2.34. The van der Waals surface area contributed by atoms with Crippen LogP contribution in [0.5, 0.6) is 0 Å². The average Bonchev–Trinajstić information content (AvgIpc) is 2.93. The van der Waals surface area contributed by atoms with Gasteiger partial charge in [0, 0.05) is 18.8 Å². The van der Waals surface area contributed by atoms with Crippen LogP contribution in [0.4, 0.5) is 0 Å². The molecule has 7 N–H and O–H groups in total. The molecule has 1 heterocycles. The molecule has 0 unspecified atom stereocenters. The van der Waals surface area contributed by atoms with Crippen molar-refractivity contribution >= 4 is 11.9 Å². The highest BCUT2D eigenvalue weighted by molar-refractivity contribution is 5.73. The van der Waals surface area contributed by atoms with Gasteiger partial charge in [-0.15, -0.1) is 0 Å². The minimum atomic E-state index is -1.54. The molecule has 0 amide bonds. The van der Waals surface area contributed by atoms with Gasteiger partial charge < -0.3 is 40.5 Å². The Hall–Kier alpha value is -2.60. The van der Waals surface area contributed by atoms with Crippen molar-refractivity contribution in [3.05, 3.63) is 60.8 Å². The van der Waals surface area contributed by atoms with Gasteiger partial charge in [-0.2, -0.15) is 0 Å². The summed E-state index contributed by atoms with van der Waals surface area (Å²) >= 11 is 0. The fourth-order valence-corrected chi connectivity index (χ4v) is 5.23. The predicted octanol–water partition coefficient (Wildman–Crippen LogP) is 3.36. The highest BCUT2D eigenvalue weighted by atomic mass is 16.5. The van der Waals surface area contributed by atoms with E-state index in [0.717, 1.165) is 6.42 Å². The number of hydrogen-bond acceptors (Lipinski definition) is 9. The zero-order chi connectivity index (χ0) is 33.1. The van der Waals surface area contributed by atoms with E-state index in [2.05, 4.69) is 0 Å². The molecule has 0 aromatic carbocycles. The number of aliphatic hydroxyl groups excluding tert-OH is 6. The normalized spacial score (nSPS) is 38.2. The van der Waals surface area contributed by atoms with E-state index in [1.165, 1.54) is 12.2 Å². The lowest BCUT2D eigenvalue weighted by molar-refractivity contribution is -0.161. The number of carboxylic acid groups (broad SMARTS) is 1. The lowest BCUT2D eigenvalue weighted by Gasteiger charge is -2.27. The van der Waals surface area contributed by atoms with Crippen molar-refractivity contribution in [3.63, 3.8) is 0 Å². The number of allylic oxidation sites excluding steroid dienone is 8. The zero-order valence-electron chi connectivity index (χ0n) is 26.3. The van der Waals surface area contributed by atoms with Crippen LogP contribution in [0, 0.1) is 17.8 Å². The maximum Gasteiger partial charge on any atom is 0.312 e. The molecule has 250 valence electrons. The summed E-state index contributed by atoms with van der Waals surface area (Å²) in [6.45, 7) is 5.72. The number of ether oxygens (including phenoxy) is 1. The third-order valence-electron chi connectivity index (χ3n) is 7.85. The first-order valence-electron chi connectivity index (χ1n) is 15.8. The molecular weight excluding hydrogens is 568 g/mol. The molecule has 0 spiro atoms. The molecule has 10 atom stereocenters. The van der Waals surface area contributed by atoms with Gasteiger partial charge in [0.05, 0.1) is 42.5 Å². The van der Waals surface area contributed by atoms with Gasteiger partial charge in [-0.3, -0.25) is 9.59 Å². The summed E-state index contributed by atoms with van der Waals surface area (Å²) in [5, 5.41) is 72.4. The summed E-state index contributed by atoms with van der Waals surface area (Å²) in [4.78, 5) is 24.8. The van der Waals surface area contributed by atoms with E-state index in [4.69, 9.17) is 4.74 Å². The Kier molecular flexibility index (Phi) is 19.7. The maximum absolute atomic E-state index is 13.0. The second-order valence-electron chi connectivity index (χ2n) is 11.7. The lowest BCUT2D eigenvalue weighted by atomic mass is 9.90. The summed E-state index contributed by atoms with van der Waals surface area (Å²) in [5.74, 6) is -4.37. The molecule has 0 aromatic rings. The molecule has 1 aliphatic heterocycles. The average molecular weight is 623 g/mol. The SMILES string of the molecule is CCC[C@H]1OC(=O)[C@H](CC)[C@@H](O)C[C@@H](O)C[C@@H](O)CCC[C@@H](O)C[C@@H](O)[C@@H](C(=O)O)[C@H](O)/C=C/C=C/C=C/C=C/C=C/[C@@H]1C. The molecular formula is C34H54O10. The van der Waals surface area contributed by atoms with Crippen molar-refractivity contribution < 1.29 is 50.1 Å². The summed E-state index contributed by atoms with van der Waals surface area (Å²) in [5.41, 5.74) is 0. The van der Waals surface area contributed by atoms with E-state index < -0.39 is 60.4 Å². The number of rotatable bonds is 4. The first-order chi connectivity index (χ1) is 20.9. The van der Waals surface area contributed by atoms with Crippen LogP contribution in [-0.4, -0.2) is 90.4 Å². The molecule has 44 heavy (non-hydrogen) atoms. The molecule has 0 radical (unpaired) electrons. The van der Waals surface area contributed by atoms with Gasteiger partial charge >= 0.3 is 11.9 Å². The molecule has 1 aliphatic rings. The quantitative estimate of drug-likeness (QED) is 0.229. The molecule has 0 saturated carbocycles. The summed E-state index contributed by atoms with van der Waals surface area (Å²) < 4.78 is 5.83. The Morgan fingerprint density at radius 1 is 0.773 bits per heavy atom. The Balaban J connectivity index is 3.11. The largest absolute Gasteiger partial charge is 0.481 e. The molecule has 0 aliphatic carbocycles. The van der Waals surface area contributed by atoms with Gasteiger partial charge in [0.2, 0.25) is 0 Å². The fourth-order valence-electron chi connectivity index (χ4n) is 5.23. The smallest absolute Gasteiger partial charge is 0.312 e. The van der Waals surface area contributed by atoms with Crippen LogP contribution in [0.25, 0.3) is 0 Å². The van der Waals surface area contributed by atoms with Crippen LogP contribution in [0.3, 0.4) is 0 Å². The topological polar surface area (TPSA) is 185 Å². The highest BCUT2D eigenvalue weighted by Crippen LogP contribution is 2.23. The van der Waals surface area contributed by atoms with Crippen LogP contribution < -0.4 is 0 Å². The van der Waals surface area contributed by atoms with Gasteiger partial charge in [-0.25, -0.2) is 0 Å². The van der Waals surface area contributed by atoms with Crippen LogP contribution in [0.1, 0.15) is 78.6 Å². The Labute approximate surface area is 261 Å². The minimum absolute atomic E-state index is 0.0433. The number of aliphatic hydroxyl groups is 6. The maximum atomic E-state index is 13.0. The van der Waals surface area contributed by atoms with Crippen molar-refractivity contribution in [1.82, 2.24) is 0 Å². The third kappa shape index (κ3) is 15.4. The molecule has 0 aromatic heterocycles. The predicted molar refractivity (Wildman–Crippen MR) is 168 cm³/mol. The number of carbonyl (C=O) groups is 2. The number of carboxylic acids is 1.